The van der Waals surface area contributed by atoms with E-state index >= 15 is 0 Å². The van der Waals surface area contributed by atoms with E-state index in [1.807, 2.05) is 12.1 Å². The molecular weight excluding hydrogens is 324 g/mol. The van der Waals surface area contributed by atoms with Crippen molar-refractivity contribution < 1.29 is 14.3 Å². The first kappa shape index (κ1) is 16.9. The Kier molecular flexibility index (Phi) is 5.95. The molecule has 2 N–H and O–H groups in total. The van der Waals surface area contributed by atoms with E-state index < -0.39 is 12.2 Å². The van der Waals surface area contributed by atoms with Crippen LogP contribution in [0.1, 0.15) is 32.3 Å². The summed E-state index contributed by atoms with van der Waals surface area (Å²) < 4.78 is 11.2. The largest absolute Gasteiger partial charge is 0.443 e. The lowest BCUT2D eigenvalue weighted by molar-refractivity contribution is 0.00558. The summed E-state index contributed by atoms with van der Waals surface area (Å²) in [7, 11) is 1.57. The van der Waals surface area contributed by atoms with Gasteiger partial charge >= 0.3 is 6.09 Å². The number of carbonyl (C=O) groups excluding carboxylic acids is 1. The Labute approximate surface area is 128 Å². The zero-order valence-electron chi connectivity index (χ0n) is 12.2. The fraction of sp³-hybridized carbons (Fsp3) is 0.571. The van der Waals surface area contributed by atoms with Gasteiger partial charge in [0.05, 0.1) is 6.61 Å². The van der Waals surface area contributed by atoms with Crippen LogP contribution in [0.25, 0.3) is 0 Å². The Morgan fingerprint density at radius 2 is 2.10 bits per heavy atom. The summed E-state index contributed by atoms with van der Waals surface area (Å²) in [6, 6.07) is 3.82. The molecule has 112 valence electrons. The third kappa shape index (κ3) is 4.76. The molecule has 0 aliphatic carbocycles. The Balaban J connectivity index is 3.15. The van der Waals surface area contributed by atoms with Crippen LogP contribution >= 0.6 is 15.9 Å². The van der Waals surface area contributed by atoms with Crippen molar-refractivity contribution in [1.82, 2.24) is 4.98 Å². The standard InChI is InChI=1S/C14H21BrN2O3/c1-14(2,3)12(9-5-6-11(15)17-7-9)10(8-19-4)20-13(16)18/h5-7,10,12H,8H2,1-4H3,(H2,16,18). The van der Waals surface area contributed by atoms with E-state index in [-0.39, 0.29) is 17.9 Å². The van der Waals surface area contributed by atoms with Gasteiger partial charge < -0.3 is 15.2 Å². The number of pyridine rings is 1. The smallest absolute Gasteiger partial charge is 0.404 e. The fourth-order valence-electron chi connectivity index (χ4n) is 2.36. The van der Waals surface area contributed by atoms with Crippen LogP contribution in [0.3, 0.4) is 0 Å². The quantitative estimate of drug-likeness (QED) is 0.833. The molecule has 1 rings (SSSR count). The highest BCUT2D eigenvalue weighted by molar-refractivity contribution is 9.10. The molecule has 0 bridgehead atoms. The number of methoxy groups -OCH3 is 1. The van der Waals surface area contributed by atoms with Crippen LogP contribution < -0.4 is 5.73 Å². The molecule has 20 heavy (non-hydrogen) atoms. The van der Waals surface area contributed by atoms with Crippen LogP contribution in [0.15, 0.2) is 22.9 Å². The van der Waals surface area contributed by atoms with E-state index in [2.05, 4.69) is 41.7 Å². The molecule has 2 unspecified atom stereocenters. The molecule has 1 amide bonds. The van der Waals surface area contributed by atoms with E-state index in [0.717, 1.165) is 10.2 Å². The number of nitrogens with two attached hydrogens (primary N) is 1. The number of hydrogen-bond donors (Lipinski definition) is 1. The number of aromatic nitrogens is 1. The van der Waals surface area contributed by atoms with Gasteiger partial charge in [0.15, 0.2) is 0 Å². The van der Waals surface area contributed by atoms with Crippen molar-refractivity contribution in [2.45, 2.75) is 32.8 Å². The maximum Gasteiger partial charge on any atom is 0.404 e. The van der Waals surface area contributed by atoms with Gasteiger partial charge in [-0.3, -0.25) is 0 Å². The topological polar surface area (TPSA) is 74.4 Å². The minimum Gasteiger partial charge on any atom is -0.443 e. The second-order valence-electron chi connectivity index (χ2n) is 5.69. The highest BCUT2D eigenvalue weighted by Crippen LogP contribution is 2.39. The van der Waals surface area contributed by atoms with Gasteiger partial charge in [-0.15, -0.1) is 0 Å². The molecule has 0 aromatic carbocycles. The third-order valence-corrected chi connectivity index (χ3v) is 3.48. The summed E-state index contributed by atoms with van der Waals surface area (Å²) in [6.07, 6.45) is 0.513. The normalized spacial score (nSPS) is 14.7. The lowest BCUT2D eigenvalue weighted by Crippen LogP contribution is -2.38. The van der Waals surface area contributed by atoms with Crippen LogP contribution in [0.2, 0.25) is 0 Å². The number of halogens is 1. The average molecular weight is 345 g/mol. The van der Waals surface area contributed by atoms with Crippen molar-refractivity contribution >= 4 is 22.0 Å². The molecule has 2 atom stereocenters. The second-order valence-corrected chi connectivity index (χ2v) is 6.50. The summed E-state index contributed by atoms with van der Waals surface area (Å²) in [5, 5.41) is 0. The minimum absolute atomic E-state index is 0.0736. The van der Waals surface area contributed by atoms with Crippen molar-refractivity contribution in [3.05, 3.63) is 28.5 Å². The minimum atomic E-state index is -0.800. The number of amides is 1. The molecule has 1 heterocycles. The first-order chi connectivity index (χ1) is 9.25. The monoisotopic (exact) mass is 344 g/mol. The molecule has 0 saturated heterocycles. The van der Waals surface area contributed by atoms with Crippen molar-refractivity contribution in [3.63, 3.8) is 0 Å². The second kappa shape index (κ2) is 7.04. The van der Waals surface area contributed by atoms with Gasteiger partial charge in [0.1, 0.15) is 10.7 Å². The van der Waals surface area contributed by atoms with Gasteiger partial charge in [0, 0.05) is 19.2 Å². The van der Waals surface area contributed by atoms with Crippen molar-refractivity contribution in [2.75, 3.05) is 13.7 Å². The Morgan fingerprint density at radius 3 is 2.50 bits per heavy atom. The van der Waals surface area contributed by atoms with Crippen molar-refractivity contribution in [2.24, 2.45) is 11.1 Å². The van der Waals surface area contributed by atoms with Crippen LogP contribution in [-0.4, -0.2) is 30.9 Å². The molecule has 1 aromatic rings. The number of carbonyl (C=O) groups is 1. The number of ether oxygens (including phenoxy) is 2. The lowest BCUT2D eigenvalue weighted by atomic mass is 9.74. The number of hydrogen-bond acceptors (Lipinski definition) is 4. The van der Waals surface area contributed by atoms with Gasteiger partial charge in [-0.1, -0.05) is 26.8 Å². The Bertz CT molecular complexity index is 443. The SMILES string of the molecule is COCC(OC(N)=O)C(c1ccc(Br)nc1)C(C)(C)C. The van der Waals surface area contributed by atoms with E-state index in [4.69, 9.17) is 15.2 Å². The first-order valence-corrected chi connectivity index (χ1v) is 7.11. The van der Waals surface area contributed by atoms with Gasteiger partial charge in [-0.05, 0) is 33.0 Å². The molecule has 0 aliphatic rings. The van der Waals surface area contributed by atoms with Gasteiger partial charge in [0.25, 0.3) is 0 Å². The molecular formula is C14H21BrN2O3. The third-order valence-electron chi connectivity index (χ3n) is 3.01. The first-order valence-electron chi connectivity index (χ1n) is 6.32. The van der Waals surface area contributed by atoms with Crippen LogP contribution in [-0.2, 0) is 9.47 Å². The van der Waals surface area contributed by atoms with E-state index in [0.29, 0.717) is 0 Å². The summed E-state index contributed by atoms with van der Waals surface area (Å²) >= 11 is 3.31. The van der Waals surface area contributed by atoms with Gasteiger partial charge in [0.2, 0.25) is 0 Å². The molecule has 6 heteroatoms. The highest BCUT2D eigenvalue weighted by Gasteiger charge is 2.36. The molecule has 0 radical (unpaired) electrons. The molecule has 0 aliphatic heterocycles. The van der Waals surface area contributed by atoms with Crippen LogP contribution in [0.4, 0.5) is 4.79 Å². The maximum atomic E-state index is 11.1. The van der Waals surface area contributed by atoms with E-state index in [1.54, 1.807) is 13.3 Å². The van der Waals surface area contributed by atoms with Crippen LogP contribution in [0, 0.1) is 5.41 Å². The zero-order valence-corrected chi connectivity index (χ0v) is 13.8. The van der Waals surface area contributed by atoms with Gasteiger partial charge in [-0.2, -0.15) is 0 Å². The van der Waals surface area contributed by atoms with E-state index in [9.17, 15) is 4.79 Å². The summed E-state index contributed by atoms with van der Waals surface area (Å²) in [6.45, 7) is 6.51. The van der Waals surface area contributed by atoms with Crippen molar-refractivity contribution in [1.29, 1.82) is 0 Å². The average Bonchev–Trinajstić information content (AvgIpc) is 2.29. The molecule has 5 nitrogen and oxygen atoms in total. The summed E-state index contributed by atoms with van der Waals surface area (Å²) in [4.78, 5) is 15.4. The zero-order chi connectivity index (χ0) is 15.3. The lowest BCUT2D eigenvalue weighted by Gasteiger charge is -2.36. The molecule has 0 saturated carbocycles. The highest BCUT2D eigenvalue weighted by atomic mass is 79.9. The van der Waals surface area contributed by atoms with E-state index in [1.165, 1.54) is 0 Å². The number of nitrogens with zero attached hydrogens (tertiary/aromatic N) is 1. The maximum absolute atomic E-state index is 11.1. The summed E-state index contributed by atoms with van der Waals surface area (Å²) in [5.41, 5.74) is 6.00. The molecule has 0 fully saturated rings. The fourth-order valence-corrected chi connectivity index (χ4v) is 2.59. The van der Waals surface area contributed by atoms with Crippen LogP contribution in [0.5, 0.6) is 0 Å². The predicted octanol–water partition coefficient (Wildman–Crippen LogP) is 3.08. The predicted molar refractivity (Wildman–Crippen MR) is 80.5 cm³/mol. The Morgan fingerprint density at radius 1 is 1.45 bits per heavy atom. The Hall–Kier alpha value is -1.14. The summed E-state index contributed by atoms with van der Waals surface area (Å²) in [5.74, 6) is -0.0736. The van der Waals surface area contributed by atoms with Gasteiger partial charge in [-0.25, -0.2) is 9.78 Å². The number of rotatable bonds is 5. The number of primary amides is 1. The van der Waals surface area contributed by atoms with Crippen molar-refractivity contribution in [3.8, 4) is 0 Å². The molecule has 1 aromatic heterocycles. The molecule has 0 spiro atoms.